The van der Waals surface area contributed by atoms with Crippen LogP contribution in [-0.4, -0.2) is 84.2 Å². The molecule has 11 heteroatoms. The van der Waals surface area contributed by atoms with Gasteiger partial charge in [-0.2, -0.15) is 0 Å². The molecule has 1 aromatic carbocycles. The van der Waals surface area contributed by atoms with Gasteiger partial charge in [-0.3, -0.25) is 24.0 Å². The number of methoxy groups -OCH3 is 1. The van der Waals surface area contributed by atoms with Crippen LogP contribution in [0.4, 0.5) is 0 Å². The van der Waals surface area contributed by atoms with Gasteiger partial charge in [-0.1, -0.05) is 12.5 Å². The highest BCUT2D eigenvalue weighted by atomic mass is 16.5. The Kier molecular flexibility index (Phi) is 8.02. The lowest BCUT2D eigenvalue weighted by Crippen LogP contribution is -2.56. The summed E-state index contributed by atoms with van der Waals surface area (Å²) in [6.45, 7) is 1.28. The number of carbonyl (C=O) groups excluding carboxylic acids is 5. The molecule has 224 valence electrons. The lowest BCUT2D eigenvalue weighted by Gasteiger charge is -2.29. The van der Waals surface area contributed by atoms with Gasteiger partial charge in [0.2, 0.25) is 11.7 Å². The van der Waals surface area contributed by atoms with Gasteiger partial charge < -0.3 is 30.0 Å². The molecule has 3 heterocycles. The van der Waals surface area contributed by atoms with Crippen molar-refractivity contribution in [1.29, 1.82) is 0 Å². The second-order valence-corrected chi connectivity index (χ2v) is 12.1. The Bertz CT molecular complexity index is 1400. The molecule has 2 saturated carbocycles. The van der Waals surface area contributed by atoms with Crippen LogP contribution < -0.4 is 15.4 Å². The molecule has 3 N–H and O–H groups in total. The van der Waals surface area contributed by atoms with Crippen molar-refractivity contribution in [3.05, 3.63) is 30.0 Å². The van der Waals surface area contributed by atoms with Crippen molar-refractivity contribution in [3.63, 3.8) is 0 Å². The Morgan fingerprint density at radius 3 is 2.74 bits per heavy atom. The van der Waals surface area contributed by atoms with Gasteiger partial charge >= 0.3 is 0 Å². The SMILES string of the molecule is COc1cccc2[nH]c(C(=O)N3C[C@@H]4CCC[C@@H]4[C@H]3C(=O)N[C@@H](C[C@@H]3CCCC3=O)C(=O)C(=O)N[C@H]3CCOC3)cc12. The fraction of sp³-hybridized carbons (Fsp3) is 0.581. The molecule has 0 radical (unpaired) electrons. The van der Waals surface area contributed by atoms with Gasteiger partial charge in [-0.15, -0.1) is 0 Å². The third-order valence-corrected chi connectivity index (χ3v) is 9.57. The highest BCUT2D eigenvalue weighted by Gasteiger charge is 2.50. The maximum Gasteiger partial charge on any atom is 0.289 e. The van der Waals surface area contributed by atoms with E-state index in [-0.39, 0.29) is 41.9 Å². The zero-order chi connectivity index (χ0) is 29.4. The molecule has 0 unspecified atom stereocenters. The molecule has 0 bridgehead atoms. The summed E-state index contributed by atoms with van der Waals surface area (Å²) in [7, 11) is 1.57. The monoisotopic (exact) mass is 578 g/mol. The average molecular weight is 579 g/mol. The molecule has 2 aromatic rings. The highest BCUT2D eigenvalue weighted by molar-refractivity contribution is 6.38. The number of aromatic nitrogens is 1. The van der Waals surface area contributed by atoms with Crippen LogP contribution in [0.15, 0.2) is 24.3 Å². The fourth-order valence-electron chi connectivity index (χ4n) is 7.40. The molecule has 2 aliphatic heterocycles. The van der Waals surface area contributed by atoms with Gasteiger partial charge in [0.25, 0.3) is 11.8 Å². The first-order valence-electron chi connectivity index (χ1n) is 15.1. The minimum Gasteiger partial charge on any atom is -0.496 e. The summed E-state index contributed by atoms with van der Waals surface area (Å²) in [5, 5.41) is 6.34. The van der Waals surface area contributed by atoms with Crippen molar-refractivity contribution in [2.75, 3.05) is 26.9 Å². The summed E-state index contributed by atoms with van der Waals surface area (Å²) in [6, 6.07) is 5.08. The number of rotatable bonds is 9. The summed E-state index contributed by atoms with van der Waals surface area (Å²) in [5.74, 6) is -1.86. The van der Waals surface area contributed by atoms with Crippen molar-refractivity contribution in [2.24, 2.45) is 17.8 Å². The molecule has 11 nitrogen and oxygen atoms in total. The number of aromatic amines is 1. The van der Waals surface area contributed by atoms with Crippen LogP contribution in [0.5, 0.6) is 5.75 Å². The summed E-state index contributed by atoms with van der Waals surface area (Å²) >= 11 is 0. The number of hydrogen-bond donors (Lipinski definition) is 3. The van der Waals surface area contributed by atoms with Gasteiger partial charge in [0.05, 0.1) is 25.8 Å². The van der Waals surface area contributed by atoms with E-state index >= 15 is 0 Å². The Labute approximate surface area is 244 Å². The minimum absolute atomic E-state index is 0.0406. The van der Waals surface area contributed by atoms with Gasteiger partial charge in [-0.05, 0) is 68.6 Å². The number of Topliss-reactive ketones (excluding diaryl/α,β-unsaturated/α-hetero) is 2. The molecule has 2 aliphatic carbocycles. The Hall–Kier alpha value is -3.73. The zero-order valence-electron chi connectivity index (χ0n) is 23.9. The number of H-pyrrole nitrogens is 1. The molecular formula is C31H38N4O7. The molecule has 0 spiro atoms. The lowest BCUT2D eigenvalue weighted by molar-refractivity contribution is -0.141. The van der Waals surface area contributed by atoms with E-state index in [2.05, 4.69) is 15.6 Å². The minimum atomic E-state index is -1.15. The number of ketones is 2. The topological polar surface area (TPSA) is 147 Å². The van der Waals surface area contributed by atoms with Crippen LogP contribution in [-0.2, 0) is 23.9 Å². The van der Waals surface area contributed by atoms with E-state index in [0.717, 1.165) is 36.6 Å². The first-order chi connectivity index (χ1) is 20.3. The first kappa shape index (κ1) is 28.4. The number of ether oxygens (including phenoxy) is 2. The van der Waals surface area contributed by atoms with E-state index in [0.29, 0.717) is 50.5 Å². The molecule has 1 aromatic heterocycles. The highest BCUT2D eigenvalue weighted by Crippen LogP contribution is 2.43. The van der Waals surface area contributed by atoms with Crippen LogP contribution in [0.3, 0.4) is 0 Å². The van der Waals surface area contributed by atoms with E-state index in [1.54, 1.807) is 18.1 Å². The molecule has 4 aliphatic rings. The van der Waals surface area contributed by atoms with E-state index in [4.69, 9.17) is 9.47 Å². The van der Waals surface area contributed by atoms with Crippen LogP contribution in [0.1, 0.15) is 61.9 Å². The van der Waals surface area contributed by atoms with Crippen molar-refractivity contribution in [3.8, 4) is 5.75 Å². The number of carbonyl (C=O) groups is 5. The number of nitrogens with one attached hydrogen (secondary N) is 3. The van der Waals surface area contributed by atoms with Gasteiger partial charge in [0.15, 0.2) is 0 Å². The predicted molar refractivity (Wildman–Crippen MR) is 152 cm³/mol. The first-order valence-corrected chi connectivity index (χ1v) is 15.1. The number of fused-ring (bicyclic) bond motifs is 2. The summed E-state index contributed by atoms with van der Waals surface area (Å²) in [4.78, 5) is 71.6. The normalized spacial score (nSPS) is 27.7. The maximum absolute atomic E-state index is 14.0. The average Bonchev–Trinajstić information content (AvgIpc) is 3.81. The summed E-state index contributed by atoms with van der Waals surface area (Å²) < 4.78 is 10.8. The van der Waals surface area contributed by atoms with E-state index in [1.165, 1.54) is 0 Å². The summed E-state index contributed by atoms with van der Waals surface area (Å²) in [6.07, 6.45) is 5.17. The molecular weight excluding hydrogens is 540 g/mol. The van der Waals surface area contributed by atoms with E-state index in [1.807, 2.05) is 18.2 Å². The Morgan fingerprint density at radius 2 is 2.00 bits per heavy atom. The third kappa shape index (κ3) is 5.42. The number of hydrogen-bond acceptors (Lipinski definition) is 7. The van der Waals surface area contributed by atoms with Crippen molar-refractivity contribution in [2.45, 2.75) is 69.5 Å². The van der Waals surface area contributed by atoms with Gasteiger partial charge in [0.1, 0.15) is 23.3 Å². The van der Waals surface area contributed by atoms with Crippen LogP contribution in [0.2, 0.25) is 0 Å². The summed E-state index contributed by atoms with van der Waals surface area (Å²) in [5.41, 5.74) is 1.11. The number of benzene rings is 1. The molecule has 2 saturated heterocycles. The number of likely N-dealkylation sites (tertiary alicyclic amines) is 1. The Morgan fingerprint density at radius 1 is 1.14 bits per heavy atom. The third-order valence-electron chi connectivity index (χ3n) is 9.57. The molecule has 4 fully saturated rings. The Balaban J connectivity index is 1.24. The fourth-order valence-corrected chi connectivity index (χ4v) is 7.40. The van der Waals surface area contributed by atoms with Crippen LogP contribution >= 0.6 is 0 Å². The largest absolute Gasteiger partial charge is 0.496 e. The lowest BCUT2D eigenvalue weighted by atomic mass is 9.91. The molecule has 6 rings (SSSR count). The van der Waals surface area contributed by atoms with Crippen LogP contribution in [0.25, 0.3) is 10.9 Å². The second-order valence-electron chi connectivity index (χ2n) is 12.1. The van der Waals surface area contributed by atoms with Crippen molar-refractivity contribution in [1.82, 2.24) is 20.5 Å². The van der Waals surface area contributed by atoms with E-state index in [9.17, 15) is 24.0 Å². The van der Waals surface area contributed by atoms with Crippen LogP contribution in [0, 0.1) is 17.8 Å². The predicted octanol–water partition coefficient (Wildman–Crippen LogP) is 2.14. The standard InChI is InChI=1S/C31H38N4O7/c1-41-26-10-4-8-22-21(26)14-24(33-22)31(40)35-15-18-6-2-7-20(18)27(35)29(38)34-23(13-17-5-3-9-25(17)36)28(37)30(39)32-19-11-12-42-16-19/h4,8,10,14,17-20,23,27,33H,2-3,5-7,9,11-13,15-16H2,1H3,(H,32,39)(H,34,38)/t17-,18-,19-,20-,23-,27-/m0/s1. The van der Waals surface area contributed by atoms with Gasteiger partial charge in [-0.25, -0.2) is 0 Å². The smallest absolute Gasteiger partial charge is 0.289 e. The van der Waals surface area contributed by atoms with Crippen molar-refractivity contribution >= 4 is 40.2 Å². The quantitative estimate of drug-likeness (QED) is 0.386. The molecule has 42 heavy (non-hydrogen) atoms. The molecule has 3 amide bonds. The van der Waals surface area contributed by atoms with E-state index < -0.39 is 29.7 Å². The zero-order valence-corrected chi connectivity index (χ0v) is 23.9. The maximum atomic E-state index is 14.0. The molecule has 6 atom stereocenters. The number of amides is 3. The van der Waals surface area contributed by atoms with Gasteiger partial charge in [0, 0.05) is 36.4 Å². The number of nitrogens with zero attached hydrogens (tertiary/aromatic N) is 1. The van der Waals surface area contributed by atoms with Crippen molar-refractivity contribution < 1.29 is 33.4 Å². The second kappa shape index (κ2) is 11.9.